The highest BCUT2D eigenvalue weighted by Crippen LogP contribution is 2.44. The van der Waals surface area contributed by atoms with Crippen LogP contribution in [0.5, 0.6) is 11.5 Å². The number of benzene rings is 3. The van der Waals surface area contributed by atoms with Gasteiger partial charge in [-0.15, -0.1) is 0 Å². The summed E-state index contributed by atoms with van der Waals surface area (Å²) in [7, 11) is 0. The van der Waals surface area contributed by atoms with Crippen molar-refractivity contribution >= 4 is 17.4 Å². The lowest BCUT2D eigenvalue weighted by Crippen LogP contribution is -2.42. The summed E-state index contributed by atoms with van der Waals surface area (Å²) in [4.78, 5) is 5.08. The molecule has 3 aromatic carbocycles. The van der Waals surface area contributed by atoms with Crippen molar-refractivity contribution in [3.05, 3.63) is 83.9 Å². The molecule has 0 heterocycles. The van der Waals surface area contributed by atoms with Crippen LogP contribution in [0.25, 0.3) is 0 Å². The van der Waals surface area contributed by atoms with Gasteiger partial charge in [0.25, 0.3) is 0 Å². The standard InChI is InChI=1S/C25H18F11NO3S/c26-22(27,24(31,32)33)16-5-2-8-19(11-16)40-37(13-21(38)23(28,29)30)17-6-3-7-18(12-17)39-14-15-4-1-9-20(10-15)41-25(34,35)36/h1-12,21,38H,13-14H2/t21-/m0/s1. The molecule has 0 bridgehead atoms. The summed E-state index contributed by atoms with van der Waals surface area (Å²) >= 11 is -0.349. The predicted octanol–water partition coefficient (Wildman–Crippen LogP) is 8.26. The maximum Gasteiger partial charge on any atom is 0.458 e. The number of halogens is 11. The molecule has 0 spiro atoms. The zero-order valence-electron chi connectivity index (χ0n) is 20.2. The van der Waals surface area contributed by atoms with E-state index in [0.29, 0.717) is 16.7 Å². The van der Waals surface area contributed by atoms with Crippen LogP contribution < -0.4 is 14.6 Å². The average molecular weight is 621 g/mol. The summed E-state index contributed by atoms with van der Waals surface area (Å²) in [5.74, 6) is -6.03. The molecule has 41 heavy (non-hydrogen) atoms. The van der Waals surface area contributed by atoms with E-state index in [-0.39, 0.29) is 40.8 Å². The van der Waals surface area contributed by atoms with Crippen LogP contribution in [-0.4, -0.2) is 35.6 Å². The normalized spacial score (nSPS) is 13.6. The minimum atomic E-state index is -5.96. The SMILES string of the molecule is O[C@@H](CN(Oc1cccc(C(F)(F)C(F)(F)F)c1)c1cccc(OCc2cccc(SC(F)(F)F)c2)c1)C(F)(F)F. The van der Waals surface area contributed by atoms with Crippen molar-refractivity contribution < 1.29 is 63.0 Å². The van der Waals surface area contributed by atoms with Gasteiger partial charge in [0, 0.05) is 16.5 Å². The summed E-state index contributed by atoms with van der Waals surface area (Å²) in [6.45, 7) is -1.60. The van der Waals surface area contributed by atoms with E-state index in [1.807, 2.05) is 0 Å². The molecule has 3 aromatic rings. The van der Waals surface area contributed by atoms with E-state index >= 15 is 0 Å². The number of ether oxygens (including phenoxy) is 1. The number of nitrogens with zero attached hydrogens (tertiary/aromatic N) is 1. The van der Waals surface area contributed by atoms with Crippen LogP contribution in [0.2, 0.25) is 0 Å². The van der Waals surface area contributed by atoms with E-state index in [1.165, 1.54) is 42.5 Å². The molecule has 0 saturated carbocycles. The van der Waals surface area contributed by atoms with Crippen LogP contribution in [0.15, 0.2) is 77.7 Å². The minimum Gasteiger partial charge on any atom is -0.489 e. The van der Waals surface area contributed by atoms with Gasteiger partial charge in [0.05, 0.1) is 12.2 Å². The maximum atomic E-state index is 13.8. The van der Waals surface area contributed by atoms with Gasteiger partial charge in [-0.05, 0) is 53.7 Å². The Morgan fingerprint density at radius 2 is 1.39 bits per heavy atom. The third kappa shape index (κ3) is 9.05. The number of alkyl halides is 11. The summed E-state index contributed by atoms with van der Waals surface area (Å²) in [5.41, 5.74) is -5.99. The Morgan fingerprint density at radius 3 is 2.02 bits per heavy atom. The fourth-order valence-electron chi connectivity index (χ4n) is 3.22. The van der Waals surface area contributed by atoms with Gasteiger partial charge in [-0.25, -0.2) is 5.06 Å². The number of aliphatic hydroxyl groups excluding tert-OH is 1. The van der Waals surface area contributed by atoms with Gasteiger partial charge in [0.2, 0.25) is 0 Å². The number of hydrogen-bond acceptors (Lipinski definition) is 5. The predicted molar refractivity (Wildman–Crippen MR) is 126 cm³/mol. The Bertz CT molecular complexity index is 1310. The Labute approximate surface area is 229 Å². The lowest BCUT2D eigenvalue weighted by atomic mass is 10.1. The van der Waals surface area contributed by atoms with Crippen LogP contribution in [0, 0.1) is 0 Å². The van der Waals surface area contributed by atoms with Crippen molar-refractivity contribution in [3.8, 4) is 11.5 Å². The van der Waals surface area contributed by atoms with Crippen LogP contribution in [0.4, 0.5) is 54.0 Å². The van der Waals surface area contributed by atoms with Crippen molar-refractivity contribution in [2.45, 2.75) is 41.4 Å². The van der Waals surface area contributed by atoms with E-state index in [0.717, 1.165) is 18.2 Å². The molecule has 0 aliphatic carbocycles. The van der Waals surface area contributed by atoms with E-state index in [2.05, 4.69) is 0 Å². The molecule has 16 heteroatoms. The summed E-state index contributed by atoms with van der Waals surface area (Å²) in [6, 6.07) is 12.5. The maximum absolute atomic E-state index is 13.8. The number of hydroxylamine groups is 1. The second-order valence-electron chi connectivity index (χ2n) is 8.29. The number of rotatable bonds is 10. The number of thioether (sulfide) groups is 1. The van der Waals surface area contributed by atoms with Crippen molar-refractivity contribution in [3.63, 3.8) is 0 Å². The largest absolute Gasteiger partial charge is 0.489 e. The third-order valence-electron chi connectivity index (χ3n) is 5.13. The van der Waals surface area contributed by atoms with Gasteiger partial charge >= 0.3 is 23.8 Å². The van der Waals surface area contributed by atoms with Gasteiger partial charge < -0.3 is 14.7 Å². The first-order valence-electron chi connectivity index (χ1n) is 11.2. The van der Waals surface area contributed by atoms with Crippen molar-refractivity contribution in [1.82, 2.24) is 0 Å². The van der Waals surface area contributed by atoms with E-state index in [9.17, 15) is 53.4 Å². The van der Waals surface area contributed by atoms with Gasteiger partial charge in [0.15, 0.2) is 11.9 Å². The van der Waals surface area contributed by atoms with Crippen LogP contribution in [0.1, 0.15) is 11.1 Å². The van der Waals surface area contributed by atoms with E-state index < -0.39 is 47.7 Å². The zero-order valence-corrected chi connectivity index (χ0v) is 21.0. The second-order valence-corrected chi connectivity index (χ2v) is 9.43. The van der Waals surface area contributed by atoms with Crippen LogP contribution in [-0.2, 0) is 12.5 Å². The van der Waals surface area contributed by atoms with Crippen molar-refractivity contribution in [2.24, 2.45) is 0 Å². The minimum absolute atomic E-state index is 0.0242. The molecule has 0 unspecified atom stereocenters. The summed E-state index contributed by atoms with van der Waals surface area (Å²) in [5, 5.41) is 10.00. The van der Waals surface area contributed by atoms with Crippen LogP contribution >= 0.6 is 11.8 Å². The van der Waals surface area contributed by atoms with Gasteiger partial charge in [-0.3, -0.25) is 0 Å². The summed E-state index contributed by atoms with van der Waals surface area (Å²) < 4.78 is 149. The van der Waals surface area contributed by atoms with E-state index in [1.54, 1.807) is 0 Å². The molecule has 0 aliphatic heterocycles. The quantitative estimate of drug-likeness (QED) is 0.140. The average Bonchev–Trinajstić information content (AvgIpc) is 2.85. The molecule has 0 aliphatic rings. The topological polar surface area (TPSA) is 41.9 Å². The highest BCUT2D eigenvalue weighted by atomic mass is 32.2. The molecular weight excluding hydrogens is 603 g/mol. The number of anilines is 1. The van der Waals surface area contributed by atoms with Gasteiger partial charge in [-0.1, -0.05) is 30.3 Å². The molecule has 0 saturated heterocycles. The molecule has 0 radical (unpaired) electrons. The lowest BCUT2D eigenvalue weighted by molar-refractivity contribution is -0.289. The molecule has 0 fully saturated rings. The first-order valence-corrected chi connectivity index (χ1v) is 12.0. The van der Waals surface area contributed by atoms with Crippen molar-refractivity contribution in [2.75, 3.05) is 11.6 Å². The molecule has 1 N–H and O–H groups in total. The first-order chi connectivity index (χ1) is 18.8. The number of aliphatic hydroxyl groups is 1. The molecule has 224 valence electrons. The monoisotopic (exact) mass is 621 g/mol. The molecule has 3 rings (SSSR count). The molecule has 0 amide bonds. The number of hydrogen-bond donors (Lipinski definition) is 1. The zero-order chi connectivity index (χ0) is 30.6. The molecule has 1 atom stereocenters. The third-order valence-corrected chi connectivity index (χ3v) is 5.85. The Morgan fingerprint density at radius 1 is 0.756 bits per heavy atom. The first kappa shape index (κ1) is 32.1. The smallest absolute Gasteiger partial charge is 0.458 e. The summed E-state index contributed by atoms with van der Waals surface area (Å²) in [6.07, 6.45) is -14.1. The van der Waals surface area contributed by atoms with Gasteiger partial charge in [-0.2, -0.15) is 48.3 Å². The fourth-order valence-corrected chi connectivity index (χ4v) is 3.85. The van der Waals surface area contributed by atoms with E-state index in [4.69, 9.17) is 9.57 Å². The molecule has 0 aromatic heterocycles. The Balaban J connectivity index is 1.86. The molecular formula is C25H18F11NO3S. The van der Waals surface area contributed by atoms with Crippen molar-refractivity contribution in [1.29, 1.82) is 0 Å². The Hall–Kier alpha value is -3.40. The van der Waals surface area contributed by atoms with Crippen LogP contribution in [0.3, 0.4) is 0 Å². The highest BCUT2D eigenvalue weighted by molar-refractivity contribution is 8.00. The second kappa shape index (κ2) is 12.2. The Kier molecular flexibility index (Phi) is 9.58. The molecule has 4 nitrogen and oxygen atoms in total. The lowest BCUT2D eigenvalue weighted by Gasteiger charge is -2.28. The highest BCUT2D eigenvalue weighted by Gasteiger charge is 2.58. The fraction of sp³-hybridized carbons (Fsp3) is 0.280. The van der Waals surface area contributed by atoms with Gasteiger partial charge in [0.1, 0.15) is 12.4 Å².